The number of urea groups is 1. The van der Waals surface area contributed by atoms with Gasteiger partial charge in [0.25, 0.3) is 0 Å². The molecule has 0 saturated carbocycles. The van der Waals surface area contributed by atoms with Crippen molar-refractivity contribution in [2.24, 2.45) is 0 Å². The van der Waals surface area contributed by atoms with E-state index >= 15 is 0 Å². The van der Waals surface area contributed by atoms with Crippen molar-refractivity contribution < 1.29 is 27.4 Å². The molecule has 4 rings (SSSR count). The number of halogens is 3. The van der Waals surface area contributed by atoms with Crippen LogP contribution in [0.5, 0.6) is 0 Å². The summed E-state index contributed by atoms with van der Waals surface area (Å²) in [4.78, 5) is 22.4. The van der Waals surface area contributed by atoms with E-state index in [1.165, 1.54) is 23.2 Å². The minimum atomic E-state index is -4.62. The molecule has 0 aliphatic carbocycles. The van der Waals surface area contributed by atoms with Crippen LogP contribution < -0.4 is 10.6 Å². The van der Waals surface area contributed by atoms with Crippen molar-refractivity contribution in [2.45, 2.75) is 45.3 Å². The van der Waals surface area contributed by atoms with Crippen LogP contribution in [0.3, 0.4) is 0 Å². The predicted octanol–water partition coefficient (Wildman–Crippen LogP) is 4.07. The number of methoxy groups -OCH3 is 1. The highest BCUT2D eigenvalue weighted by Crippen LogP contribution is 2.35. The third-order valence-electron chi connectivity index (χ3n) is 5.81. The molecule has 0 spiro atoms. The molecule has 13 heteroatoms. The maximum absolute atomic E-state index is 13.9. The van der Waals surface area contributed by atoms with Crippen molar-refractivity contribution in [2.75, 3.05) is 32.1 Å². The summed E-state index contributed by atoms with van der Waals surface area (Å²) in [5, 5.41) is 9.78. The van der Waals surface area contributed by atoms with Crippen molar-refractivity contribution in [3.63, 3.8) is 0 Å². The molecule has 2 amide bonds. The van der Waals surface area contributed by atoms with Crippen LogP contribution in [0.1, 0.15) is 25.0 Å². The van der Waals surface area contributed by atoms with Crippen LogP contribution in [0.25, 0.3) is 11.3 Å². The Bertz CT molecular complexity index is 1240. The molecule has 0 radical (unpaired) electrons. The minimum Gasteiger partial charge on any atom is -0.383 e. The zero-order chi connectivity index (χ0) is 27.3. The maximum atomic E-state index is 13.9. The summed E-state index contributed by atoms with van der Waals surface area (Å²) in [6.07, 6.45) is 0.180. The zero-order valence-electron chi connectivity index (χ0n) is 21.3. The average Bonchev–Trinajstić information content (AvgIpc) is 3.29. The van der Waals surface area contributed by atoms with Crippen LogP contribution >= 0.6 is 0 Å². The van der Waals surface area contributed by atoms with E-state index in [1.807, 2.05) is 13.8 Å². The summed E-state index contributed by atoms with van der Waals surface area (Å²) in [6, 6.07) is 5.04. The fourth-order valence-electron chi connectivity index (χ4n) is 3.96. The second kappa shape index (κ2) is 11.8. The number of nitrogens with one attached hydrogen (secondary N) is 2. The fraction of sp³-hybridized carbons (Fsp3) is 0.440. The number of nitrogens with zero attached hydrogens (tertiary/aromatic N) is 5. The summed E-state index contributed by atoms with van der Waals surface area (Å²) in [7, 11) is 1.60. The Morgan fingerprint density at radius 2 is 2.03 bits per heavy atom. The van der Waals surface area contributed by atoms with Gasteiger partial charge in [-0.2, -0.15) is 18.3 Å². The van der Waals surface area contributed by atoms with Gasteiger partial charge in [0.15, 0.2) is 0 Å². The number of carbonyl (C=O) groups excluding carboxylic acids is 1. The highest BCUT2D eigenvalue weighted by molar-refractivity contribution is 5.75. The summed E-state index contributed by atoms with van der Waals surface area (Å²) >= 11 is 0. The van der Waals surface area contributed by atoms with Crippen LogP contribution in [0.15, 0.2) is 42.9 Å². The lowest BCUT2D eigenvalue weighted by molar-refractivity contribution is -0.138. The fourth-order valence-corrected chi connectivity index (χ4v) is 3.96. The Morgan fingerprint density at radius 1 is 1.24 bits per heavy atom. The number of hydrogen-bond donors (Lipinski definition) is 2. The molecule has 2 aromatic heterocycles. The van der Waals surface area contributed by atoms with E-state index in [1.54, 1.807) is 30.3 Å². The quantitative estimate of drug-likeness (QED) is 0.405. The number of hydrogen-bond acceptors (Lipinski definition) is 7. The highest BCUT2D eigenvalue weighted by Gasteiger charge is 2.35. The van der Waals surface area contributed by atoms with E-state index in [4.69, 9.17) is 9.47 Å². The Labute approximate surface area is 218 Å². The normalized spacial score (nSPS) is 14.0. The smallest absolute Gasteiger partial charge is 0.383 e. The van der Waals surface area contributed by atoms with Crippen molar-refractivity contribution in [1.29, 1.82) is 0 Å². The van der Waals surface area contributed by atoms with Crippen LogP contribution in [-0.4, -0.2) is 69.7 Å². The summed E-state index contributed by atoms with van der Waals surface area (Å²) in [6.45, 7) is 5.44. The van der Waals surface area contributed by atoms with Crippen LogP contribution in [0.2, 0.25) is 0 Å². The number of anilines is 2. The lowest BCUT2D eigenvalue weighted by atomic mass is 10.0. The standard InChI is InChI=1S/C25H30F3N7O3/c1-16(2)38-20-14-34(15-20)24(36)30-11-18-5-4-17(10-21(18)25(26,27)28)22-6-7-29-23(33-22)32-19-12-31-35(13-19)8-9-37-3/h4-7,10,12-13,16,20H,8-9,11,14-15H2,1-3H3,(H,30,36)(H,29,32,33). The molecule has 3 aromatic rings. The van der Waals surface area contributed by atoms with Gasteiger partial charge in [0.1, 0.15) is 0 Å². The number of alkyl halides is 3. The van der Waals surface area contributed by atoms with Gasteiger partial charge in [-0.25, -0.2) is 14.8 Å². The largest absolute Gasteiger partial charge is 0.416 e. The van der Waals surface area contributed by atoms with E-state index in [0.29, 0.717) is 37.6 Å². The van der Waals surface area contributed by atoms with E-state index in [0.717, 1.165) is 6.07 Å². The van der Waals surface area contributed by atoms with Crippen molar-refractivity contribution in [3.8, 4) is 11.3 Å². The molecule has 0 atom stereocenters. The Kier molecular flexibility index (Phi) is 8.47. The number of likely N-dealkylation sites (tertiary alicyclic amines) is 1. The molecule has 3 heterocycles. The summed E-state index contributed by atoms with van der Waals surface area (Å²) < 4.78 is 54.1. The first-order valence-corrected chi connectivity index (χ1v) is 12.1. The molecule has 0 bridgehead atoms. The monoisotopic (exact) mass is 533 g/mol. The van der Waals surface area contributed by atoms with E-state index < -0.39 is 17.8 Å². The summed E-state index contributed by atoms with van der Waals surface area (Å²) in [5.41, 5.74) is 0.329. The van der Waals surface area contributed by atoms with Crippen LogP contribution in [0.4, 0.5) is 29.6 Å². The molecular weight excluding hydrogens is 503 g/mol. The molecule has 1 aliphatic heterocycles. The second-order valence-electron chi connectivity index (χ2n) is 9.12. The Hall–Kier alpha value is -3.71. The first-order valence-electron chi connectivity index (χ1n) is 12.1. The van der Waals surface area contributed by atoms with Gasteiger partial charge in [-0.05, 0) is 31.5 Å². The Morgan fingerprint density at radius 3 is 2.74 bits per heavy atom. The molecule has 1 saturated heterocycles. The summed E-state index contributed by atoms with van der Waals surface area (Å²) in [5.74, 6) is 0.216. The first-order chi connectivity index (χ1) is 18.1. The van der Waals surface area contributed by atoms with Gasteiger partial charge in [0.05, 0.1) is 61.6 Å². The third-order valence-corrected chi connectivity index (χ3v) is 5.81. The van der Waals surface area contributed by atoms with E-state index in [2.05, 4.69) is 25.7 Å². The van der Waals surface area contributed by atoms with Crippen LogP contribution in [0, 0.1) is 0 Å². The number of aromatic nitrogens is 4. The predicted molar refractivity (Wildman–Crippen MR) is 134 cm³/mol. The molecule has 38 heavy (non-hydrogen) atoms. The first kappa shape index (κ1) is 27.3. The van der Waals surface area contributed by atoms with Crippen molar-refractivity contribution in [1.82, 2.24) is 30.0 Å². The number of ether oxygens (including phenoxy) is 2. The molecule has 1 aromatic carbocycles. The molecule has 0 unspecified atom stereocenters. The zero-order valence-corrected chi connectivity index (χ0v) is 21.3. The van der Waals surface area contributed by atoms with Crippen LogP contribution in [-0.2, 0) is 28.7 Å². The molecular formula is C25H30F3N7O3. The van der Waals surface area contributed by atoms with Crippen molar-refractivity contribution >= 4 is 17.7 Å². The molecule has 10 nitrogen and oxygen atoms in total. The topological polar surface area (TPSA) is 106 Å². The van der Waals surface area contributed by atoms with Gasteiger partial charge in [-0.15, -0.1) is 0 Å². The van der Waals surface area contributed by atoms with E-state index in [-0.39, 0.29) is 35.8 Å². The van der Waals surface area contributed by atoms with Gasteiger partial charge < -0.3 is 25.0 Å². The maximum Gasteiger partial charge on any atom is 0.416 e. The molecule has 2 N–H and O–H groups in total. The number of carbonyl (C=O) groups is 1. The highest BCUT2D eigenvalue weighted by atomic mass is 19.4. The SMILES string of the molecule is COCCn1cc(Nc2nccc(-c3ccc(CNC(=O)N4CC(OC(C)C)C4)c(C(F)(F)F)c3)n2)cn1. The van der Waals surface area contributed by atoms with Gasteiger partial charge in [0.2, 0.25) is 5.95 Å². The lowest BCUT2D eigenvalue weighted by Gasteiger charge is -2.39. The molecule has 204 valence electrons. The average molecular weight is 534 g/mol. The van der Waals surface area contributed by atoms with Gasteiger partial charge >= 0.3 is 12.2 Å². The molecule has 1 aliphatic rings. The Balaban J connectivity index is 1.44. The second-order valence-corrected chi connectivity index (χ2v) is 9.12. The van der Waals surface area contributed by atoms with Gasteiger partial charge in [-0.3, -0.25) is 4.68 Å². The van der Waals surface area contributed by atoms with Gasteiger partial charge in [0, 0.05) is 31.6 Å². The number of benzene rings is 1. The molecule has 1 fully saturated rings. The minimum absolute atomic E-state index is 0.0408. The van der Waals surface area contributed by atoms with E-state index in [9.17, 15) is 18.0 Å². The number of amides is 2. The van der Waals surface area contributed by atoms with Gasteiger partial charge in [-0.1, -0.05) is 12.1 Å². The van der Waals surface area contributed by atoms with Crippen molar-refractivity contribution in [3.05, 3.63) is 54.0 Å². The number of rotatable bonds is 10. The third kappa shape index (κ3) is 6.98. The lowest BCUT2D eigenvalue weighted by Crippen LogP contribution is -2.58.